The highest BCUT2D eigenvalue weighted by Gasteiger charge is 2.33. The molecule has 2 N–H and O–H groups in total. The Morgan fingerprint density at radius 2 is 2.00 bits per heavy atom. The second kappa shape index (κ2) is 5.20. The number of thiophene rings is 1. The molecule has 0 unspecified atom stereocenters. The largest absolute Gasteiger partial charge is 0.478 e. The molecule has 1 aliphatic rings. The van der Waals surface area contributed by atoms with E-state index in [0.29, 0.717) is 16.5 Å². The van der Waals surface area contributed by atoms with Gasteiger partial charge in [0.15, 0.2) is 0 Å². The van der Waals surface area contributed by atoms with Gasteiger partial charge in [0.05, 0.1) is 5.56 Å². The Kier molecular flexibility index (Phi) is 3.91. The van der Waals surface area contributed by atoms with Crippen LogP contribution in [0.1, 0.15) is 54.9 Å². The van der Waals surface area contributed by atoms with Gasteiger partial charge < -0.3 is 10.4 Å². The Hall–Kier alpha value is -1.36. The highest BCUT2D eigenvalue weighted by Crippen LogP contribution is 2.44. The van der Waals surface area contributed by atoms with Crippen LogP contribution in [0.5, 0.6) is 0 Å². The number of hydrogen-bond acceptors (Lipinski definition) is 3. The molecule has 0 aliphatic heterocycles. The maximum Gasteiger partial charge on any atom is 0.339 e. The topological polar surface area (TPSA) is 66.4 Å². The van der Waals surface area contributed by atoms with Gasteiger partial charge in [-0.1, -0.05) is 20.8 Å². The quantitative estimate of drug-likeness (QED) is 0.876. The zero-order chi connectivity index (χ0) is 15.1. The molecule has 1 aliphatic carbocycles. The molecular formula is C15H21NO3S. The fourth-order valence-electron chi connectivity index (χ4n) is 2.80. The lowest BCUT2D eigenvalue weighted by atomic mass is 9.72. The van der Waals surface area contributed by atoms with E-state index in [1.165, 1.54) is 18.3 Å². The summed E-state index contributed by atoms with van der Waals surface area (Å²) in [4.78, 5) is 23.8. The number of rotatable bonds is 2. The molecule has 110 valence electrons. The van der Waals surface area contributed by atoms with Crippen molar-refractivity contribution in [3.63, 3.8) is 0 Å². The molecule has 4 nitrogen and oxygen atoms in total. The van der Waals surface area contributed by atoms with Crippen LogP contribution < -0.4 is 5.32 Å². The predicted octanol–water partition coefficient (Wildman–Crippen LogP) is 3.56. The highest BCUT2D eigenvalue weighted by molar-refractivity contribution is 7.17. The predicted molar refractivity (Wildman–Crippen MR) is 80.6 cm³/mol. The van der Waals surface area contributed by atoms with Crippen LogP contribution in [-0.4, -0.2) is 17.0 Å². The van der Waals surface area contributed by atoms with E-state index in [1.54, 1.807) is 0 Å². The molecule has 1 amide bonds. The zero-order valence-corrected chi connectivity index (χ0v) is 13.2. The molecule has 20 heavy (non-hydrogen) atoms. The number of carbonyl (C=O) groups excluding carboxylic acids is 1. The van der Waals surface area contributed by atoms with E-state index in [4.69, 9.17) is 0 Å². The third kappa shape index (κ3) is 2.87. The lowest BCUT2D eigenvalue weighted by Crippen LogP contribution is -2.26. The first-order chi connectivity index (χ1) is 9.20. The number of carboxylic acid groups (broad SMARTS) is 1. The number of carboxylic acids is 1. The third-order valence-electron chi connectivity index (χ3n) is 3.99. The minimum atomic E-state index is -0.944. The monoisotopic (exact) mass is 295 g/mol. The molecular weight excluding hydrogens is 274 g/mol. The van der Waals surface area contributed by atoms with Gasteiger partial charge >= 0.3 is 5.97 Å². The minimum absolute atomic E-state index is 0.221. The average Bonchev–Trinajstić information content (AvgIpc) is 2.63. The summed E-state index contributed by atoms with van der Waals surface area (Å²) in [6, 6.07) is 0. The van der Waals surface area contributed by atoms with Gasteiger partial charge in [0.25, 0.3) is 0 Å². The third-order valence-corrected chi connectivity index (χ3v) is 5.16. The lowest BCUT2D eigenvalue weighted by Gasteiger charge is -2.33. The van der Waals surface area contributed by atoms with Crippen LogP contribution in [0.2, 0.25) is 0 Å². The molecule has 1 atom stereocenters. The first-order valence-corrected chi connectivity index (χ1v) is 7.67. The fourth-order valence-corrected chi connectivity index (χ4v) is 4.16. The van der Waals surface area contributed by atoms with Gasteiger partial charge in [0, 0.05) is 11.8 Å². The molecule has 0 radical (unpaired) electrons. The summed E-state index contributed by atoms with van der Waals surface area (Å²) >= 11 is 1.43. The average molecular weight is 295 g/mol. The van der Waals surface area contributed by atoms with Crippen molar-refractivity contribution in [1.82, 2.24) is 0 Å². The van der Waals surface area contributed by atoms with Crippen LogP contribution in [0.4, 0.5) is 5.00 Å². The number of anilines is 1. The minimum Gasteiger partial charge on any atom is -0.478 e. The number of hydrogen-bond donors (Lipinski definition) is 2. The summed E-state index contributed by atoms with van der Waals surface area (Å²) < 4.78 is 0. The number of amides is 1. The van der Waals surface area contributed by atoms with Crippen molar-refractivity contribution in [2.24, 2.45) is 11.3 Å². The summed E-state index contributed by atoms with van der Waals surface area (Å²) in [6.07, 6.45) is 2.70. The lowest BCUT2D eigenvalue weighted by molar-refractivity contribution is -0.114. The molecule has 0 saturated carbocycles. The van der Waals surface area contributed by atoms with E-state index in [2.05, 4.69) is 26.1 Å². The van der Waals surface area contributed by atoms with E-state index >= 15 is 0 Å². The van der Waals surface area contributed by atoms with Crippen molar-refractivity contribution in [2.75, 3.05) is 5.32 Å². The summed E-state index contributed by atoms with van der Waals surface area (Å²) in [6.45, 7) is 8.08. The van der Waals surface area contributed by atoms with Crippen molar-refractivity contribution in [3.8, 4) is 0 Å². The molecule has 2 rings (SSSR count). The van der Waals surface area contributed by atoms with E-state index in [-0.39, 0.29) is 11.3 Å². The zero-order valence-electron chi connectivity index (χ0n) is 12.4. The van der Waals surface area contributed by atoms with Crippen LogP contribution in [-0.2, 0) is 17.6 Å². The summed E-state index contributed by atoms with van der Waals surface area (Å²) in [5.41, 5.74) is 1.44. The molecule has 0 fully saturated rings. The van der Waals surface area contributed by atoms with Crippen LogP contribution in [0.15, 0.2) is 0 Å². The Balaban J connectivity index is 2.39. The standard InChI is InChI=1S/C15H21NO3S/c1-8(17)16-13-12(14(18)19)10-6-5-9(15(2,3)4)7-11(10)20-13/h9H,5-7H2,1-4H3,(H,16,17)(H,18,19)/t9-/m1/s1. The van der Waals surface area contributed by atoms with Gasteiger partial charge in [-0.15, -0.1) is 11.3 Å². The molecule has 0 saturated heterocycles. The second-order valence-electron chi connectivity index (χ2n) is 6.50. The van der Waals surface area contributed by atoms with Crippen LogP contribution >= 0.6 is 11.3 Å². The fraction of sp³-hybridized carbons (Fsp3) is 0.600. The number of aromatic carboxylic acids is 1. The summed E-state index contributed by atoms with van der Waals surface area (Å²) in [5, 5.41) is 12.6. The Morgan fingerprint density at radius 1 is 1.35 bits per heavy atom. The first kappa shape index (κ1) is 15.0. The highest BCUT2D eigenvalue weighted by atomic mass is 32.1. The summed E-state index contributed by atoms with van der Waals surface area (Å²) in [5.74, 6) is -0.612. The van der Waals surface area contributed by atoms with Crippen LogP contribution in [0, 0.1) is 11.3 Å². The van der Waals surface area contributed by atoms with E-state index in [1.807, 2.05) is 0 Å². The van der Waals surface area contributed by atoms with Crippen molar-refractivity contribution < 1.29 is 14.7 Å². The van der Waals surface area contributed by atoms with E-state index < -0.39 is 5.97 Å². The van der Waals surface area contributed by atoms with Crippen LogP contribution in [0.25, 0.3) is 0 Å². The summed E-state index contributed by atoms with van der Waals surface area (Å²) in [7, 11) is 0. The Morgan fingerprint density at radius 3 is 2.50 bits per heavy atom. The van der Waals surface area contributed by atoms with E-state index in [0.717, 1.165) is 29.7 Å². The molecule has 1 aromatic heterocycles. The van der Waals surface area contributed by atoms with Crippen molar-refractivity contribution >= 4 is 28.2 Å². The molecule has 0 bridgehead atoms. The SMILES string of the molecule is CC(=O)Nc1sc2c(c1C(=O)O)CC[C@@H](C(C)(C)C)C2. The number of nitrogens with one attached hydrogen (secondary N) is 1. The van der Waals surface area contributed by atoms with Gasteiger partial charge in [-0.2, -0.15) is 0 Å². The van der Waals surface area contributed by atoms with Crippen molar-refractivity contribution in [2.45, 2.75) is 47.0 Å². The molecule has 1 aromatic rings. The normalized spacial score (nSPS) is 18.5. The van der Waals surface area contributed by atoms with Gasteiger partial charge in [-0.05, 0) is 36.2 Å². The maximum absolute atomic E-state index is 11.5. The van der Waals surface area contributed by atoms with Crippen molar-refractivity contribution in [3.05, 3.63) is 16.0 Å². The van der Waals surface area contributed by atoms with E-state index in [9.17, 15) is 14.7 Å². The number of carbonyl (C=O) groups is 2. The molecule has 0 spiro atoms. The van der Waals surface area contributed by atoms with Crippen LogP contribution in [0.3, 0.4) is 0 Å². The Bertz CT molecular complexity index is 554. The Labute approximate surface area is 123 Å². The van der Waals surface area contributed by atoms with Gasteiger partial charge in [0.1, 0.15) is 5.00 Å². The van der Waals surface area contributed by atoms with Gasteiger partial charge in [-0.3, -0.25) is 4.79 Å². The molecule has 0 aromatic carbocycles. The van der Waals surface area contributed by atoms with Crippen molar-refractivity contribution in [1.29, 1.82) is 0 Å². The maximum atomic E-state index is 11.5. The smallest absolute Gasteiger partial charge is 0.339 e. The molecule has 5 heteroatoms. The second-order valence-corrected chi connectivity index (χ2v) is 7.61. The first-order valence-electron chi connectivity index (χ1n) is 6.85. The molecule has 1 heterocycles. The number of fused-ring (bicyclic) bond motifs is 1. The van der Waals surface area contributed by atoms with Gasteiger partial charge in [-0.25, -0.2) is 4.79 Å². The van der Waals surface area contributed by atoms with Gasteiger partial charge in [0.2, 0.25) is 5.91 Å².